The highest BCUT2D eigenvalue weighted by Gasteiger charge is 2.35. The van der Waals surface area contributed by atoms with Gasteiger partial charge in [0.2, 0.25) is 0 Å². The molecule has 0 N–H and O–H groups in total. The first-order valence-electron chi connectivity index (χ1n) is 10.4. The van der Waals surface area contributed by atoms with Gasteiger partial charge in [0.1, 0.15) is 5.82 Å². The smallest absolute Gasteiger partial charge is 0.194 e. The predicted octanol–water partition coefficient (Wildman–Crippen LogP) is 7.62. The fourth-order valence-corrected chi connectivity index (χ4v) is 5.39. The molecule has 0 amide bonds. The molecule has 2 fully saturated rings. The van der Waals surface area contributed by atoms with Crippen LogP contribution in [0.2, 0.25) is 0 Å². The fourth-order valence-electron chi connectivity index (χ4n) is 5.39. The lowest BCUT2D eigenvalue weighted by molar-refractivity contribution is 0.116. The van der Waals surface area contributed by atoms with Crippen molar-refractivity contribution in [3.05, 3.63) is 59.2 Å². The van der Waals surface area contributed by atoms with E-state index in [0.29, 0.717) is 5.92 Å². The van der Waals surface area contributed by atoms with E-state index >= 15 is 0 Å². The van der Waals surface area contributed by atoms with Gasteiger partial charge >= 0.3 is 0 Å². The monoisotopic (exact) mass is 390 g/mol. The lowest BCUT2D eigenvalue weighted by Crippen LogP contribution is -2.30. The zero-order chi connectivity index (χ0) is 19.8. The minimum atomic E-state index is -1.53. The standard InChI is InChI=1S/C24H26F4/c1-2-14-3-4-16-10-17(6-5-15(16)9-14)18-7-8-20(21(25)11-18)19-12-22(26)24(28)23(27)13-19/h7-8,11-17H,2-6,9-10H2,1H3/t14?,15-,16-,17-/m1/s1. The molecule has 4 rings (SSSR count). The zero-order valence-electron chi connectivity index (χ0n) is 16.2. The van der Waals surface area contributed by atoms with Crippen molar-refractivity contribution in [2.75, 3.05) is 0 Å². The van der Waals surface area contributed by atoms with Crippen LogP contribution in [0.15, 0.2) is 30.3 Å². The Bertz CT molecular complexity index is 837. The Labute approximate surface area is 164 Å². The van der Waals surface area contributed by atoms with E-state index in [9.17, 15) is 17.6 Å². The lowest BCUT2D eigenvalue weighted by Gasteiger charge is -2.42. The molecule has 0 spiro atoms. The minimum Gasteiger partial charge on any atom is -0.206 e. The second-order valence-corrected chi connectivity index (χ2v) is 8.61. The number of hydrogen-bond acceptors (Lipinski definition) is 0. The van der Waals surface area contributed by atoms with Crippen LogP contribution in [0.3, 0.4) is 0 Å². The molecule has 0 aliphatic heterocycles. The third kappa shape index (κ3) is 3.70. The summed E-state index contributed by atoms with van der Waals surface area (Å²) in [6.45, 7) is 2.28. The Morgan fingerprint density at radius 3 is 2.14 bits per heavy atom. The molecule has 4 heteroatoms. The summed E-state index contributed by atoms with van der Waals surface area (Å²) in [6.07, 6.45) is 8.54. The summed E-state index contributed by atoms with van der Waals surface area (Å²) in [4.78, 5) is 0. The first kappa shape index (κ1) is 19.5. The number of fused-ring (bicyclic) bond motifs is 1. The second kappa shape index (κ2) is 7.88. The van der Waals surface area contributed by atoms with Crippen LogP contribution in [0.25, 0.3) is 11.1 Å². The van der Waals surface area contributed by atoms with Crippen LogP contribution in [0.5, 0.6) is 0 Å². The molecule has 0 saturated heterocycles. The van der Waals surface area contributed by atoms with Gasteiger partial charge in [0.15, 0.2) is 17.5 Å². The highest BCUT2D eigenvalue weighted by molar-refractivity contribution is 5.65. The van der Waals surface area contributed by atoms with Crippen molar-refractivity contribution < 1.29 is 17.6 Å². The van der Waals surface area contributed by atoms with Gasteiger partial charge in [0.25, 0.3) is 0 Å². The summed E-state index contributed by atoms with van der Waals surface area (Å²) in [6, 6.07) is 6.61. The number of rotatable bonds is 3. The molecule has 2 aromatic carbocycles. The highest BCUT2D eigenvalue weighted by atomic mass is 19.2. The Morgan fingerprint density at radius 1 is 0.786 bits per heavy atom. The number of benzene rings is 2. The molecule has 4 atom stereocenters. The summed E-state index contributed by atoms with van der Waals surface area (Å²) in [5.74, 6) is -1.92. The Balaban J connectivity index is 1.53. The van der Waals surface area contributed by atoms with Gasteiger partial charge < -0.3 is 0 Å². The first-order chi connectivity index (χ1) is 13.5. The van der Waals surface area contributed by atoms with Gasteiger partial charge in [-0.2, -0.15) is 0 Å². The Morgan fingerprint density at radius 2 is 1.46 bits per heavy atom. The van der Waals surface area contributed by atoms with Crippen LogP contribution < -0.4 is 0 Å². The molecule has 2 aliphatic rings. The number of halogens is 4. The molecular formula is C24H26F4. The molecule has 0 heterocycles. The van der Waals surface area contributed by atoms with Gasteiger partial charge in [0, 0.05) is 5.56 Å². The van der Waals surface area contributed by atoms with Crippen LogP contribution in [0.1, 0.15) is 63.4 Å². The van der Waals surface area contributed by atoms with E-state index in [1.165, 1.54) is 38.2 Å². The molecule has 2 aliphatic carbocycles. The van der Waals surface area contributed by atoms with Crippen molar-refractivity contribution in [3.8, 4) is 11.1 Å². The zero-order valence-corrected chi connectivity index (χ0v) is 16.2. The van der Waals surface area contributed by atoms with Crippen molar-refractivity contribution in [3.63, 3.8) is 0 Å². The molecule has 0 nitrogen and oxygen atoms in total. The van der Waals surface area contributed by atoms with E-state index in [4.69, 9.17) is 0 Å². The van der Waals surface area contributed by atoms with E-state index < -0.39 is 23.3 Å². The summed E-state index contributed by atoms with van der Waals surface area (Å²) < 4.78 is 54.9. The molecule has 0 bridgehead atoms. The lowest BCUT2D eigenvalue weighted by atomic mass is 9.63. The van der Waals surface area contributed by atoms with E-state index in [2.05, 4.69) is 6.92 Å². The molecular weight excluding hydrogens is 364 g/mol. The molecule has 2 aromatic rings. The molecule has 0 aromatic heterocycles. The van der Waals surface area contributed by atoms with Crippen molar-refractivity contribution in [2.24, 2.45) is 17.8 Å². The molecule has 150 valence electrons. The van der Waals surface area contributed by atoms with E-state index in [1.807, 2.05) is 6.07 Å². The Kier molecular flexibility index (Phi) is 5.48. The topological polar surface area (TPSA) is 0 Å². The van der Waals surface area contributed by atoms with Gasteiger partial charge in [-0.15, -0.1) is 0 Å². The second-order valence-electron chi connectivity index (χ2n) is 8.61. The van der Waals surface area contributed by atoms with E-state index in [-0.39, 0.29) is 11.1 Å². The highest BCUT2D eigenvalue weighted by Crippen LogP contribution is 2.48. The maximum absolute atomic E-state index is 14.7. The van der Waals surface area contributed by atoms with Crippen LogP contribution in [0, 0.1) is 41.0 Å². The summed E-state index contributed by atoms with van der Waals surface area (Å²) in [5, 5.41) is 0. The third-order valence-electron chi connectivity index (χ3n) is 7.06. The van der Waals surface area contributed by atoms with Crippen molar-refractivity contribution in [1.29, 1.82) is 0 Å². The molecule has 1 unspecified atom stereocenters. The molecule has 2 saturated carbocycles. The minimum absolute atomic E-state index is 0.0158. The maximum Gasteiger partial charge on any atom is 0.194 e. The molecule has 28 heavy (non-hydrogen) atoms. The Hall–Kier alpha value is -1.84. The van der Waals surface area contributed by atoms with Gasteiger partial charge in [-0.05, 0) is 85.1 Å². The van der Waals surface area contributed by atoms with Crippen LogP contribution >= 0.6 is 0 Å². The maximum atomic E-state index is 14.7. The first-order valence-corrected chi connectivity index (χ1v) is 10.4. The predicted molar refractivity (Wildman–Crippen MR) is 103 cm³/mol. The fraction of sp³-hybridized carbons (Fsp3) is 0.500. The average molecular weight is 390 g/mol. The quantitative estimate of drug-likeness (QED) is 0.373. The number of hydrogen-bond donors (Lipinski definition) is 0. The van der Waals surface area contributed by atoms with Crippen LogP contribution in [-0.2, 0) is 0 Å². The van der Waals surface area contributed by atoms with E-state index in [0.717, 1.165) is 48.3 Å². The van der Waals surface area contributed by atoms with Crippen molar-refractivity contribution in [1.82, 2.24) is 0 Å². The molecule has 0 radical (unpaired) electrons. The van der Waals surface area contributed by atoms with Gasteiger partial charge in [-0.1, -0.05) is 31.9 Å². The summed E-state index contributed by atoms with van der Waals surface area (Å²) in [7, 11) is 0. The summed E-state index contributed by atoms with van der Waals surface area (Å²) >= 11 is 0. The average Bonchev–Trinajstić information content (AvgIpc) is 2.70. The normalized spacial score (nSPS) is 27.5. The SMILES string of the molecule is CCC1CC[C@@H]2C[C@H](c3ccc(-c4cc(F)c(F)c(F)c4)c(F)c3)CC[C@@H]2C1. The largest absolute Gasteiger partial charge is 0.206 e. The van der Waals surface area contributed by atoms with E-state index in [1.54, 1.807) is 6.07 Å². The van der Waals surface area contributed by atoms with Crippen LogP contribution in [-0.4, -0.2) is 0 Å². The van der Waals surface area contributed by atoms with Crippen LogP contribution in [0.4, 0.5) is 17.6 Å². The van der Waals surface area contributed by atoms with Gasteiger partial charge in [0.05, 0.1) is 0 Å². The van der Waals surface area contributed by atoms with Gasteiger partial charge in [-0.3, -0.25) is 0 Å². The third-order valence-corrected chi connectivity index (χ3v) is 7.06. The summed E-state index contributed by atoms with van der Waals surface area (Å²) in [5.41, 5.74) is 1.07. The van der Waals surface area contributed by atoms with Crippen molar-refractivity contribution in [2.45, 2.75) is 57.8 Å². The van der Waals surface area contributed by atoms with Crippen molar-refractivity contribution >= 4 is 0 Å². The van der Waals surface area contributed by atoms with Gasteiger partial charge in [-0.25, -0.2) is 17.6 Å².